The molecule has 0 spiro atoms. The van der Waals surface area contributed by atoms with Crippen molar-refractivity contribution in [3.05, 3.63) is 30.5 Å². The highest BCUT2D eigenvalue weighted by molar-refractivity contribution is 6.74. The standard InChI is InChI=1S/C10H14N2Si/c1-13(2,3)12-8-9-6-4-5-7-10(9)11-12/h4-8H,1-3H3. The van der Waals surface area contributed by atoms with Crippen LogP contribution in [0.15, 0.2) is 30.5 Å². The van der Waals surface area contributed by atoms with Crippen molar-refractivity contribution in [1.29, 1.82) is 0 Å². The van der Waals surface area contributed by atoms with Crippen molar-refractivity contribution >= 4 is 19.1 Å². The summed E-state index contributed by atoms with van der Waals surface area (Å²) in [6, 6.07) is 8.26. The van der Waals surface area contributed by atoms with Crippen LogP contribution in [0.2, 0.25) is 19.6 Å². The van der Waals surface area contributed by atoms with E-state index < -0.39 is 8.24 Å². The summed E-state index contributed by atoms with van der Waals surface area (Å²) in [7, 11) is -1.31. The van der Waals surface area contributed by atoms with E-state index in [1.54, 1.807) is 0 Å². The molecule has 0 aliphatic heterocycles. The van der Waals surface area contributed by atoms with Crippen LogP contribution < -0.4 is 0 Å². The van der Waals surface area contributed by atoms with Crippen LogP contribution in [0.4, 0.5) is 0 Å². The van der Waals surface area contributed by atoms with Gasteiger partial charge in [-0.1, -0.05) is 18.2 Å². The van der Waals surface area contributed by atoms with Gasteiger partial charge in [-0.25, -0.2) is 0 Å². The maximum absolute atomic E-state index is 4.56. The predicted octanol–water partition coefficient (Wildman–Crippen LogP) is 2.72. The van der Waals surface area contributed by atoms with E-state index in [-0.39, 0.29) is 0 Å². The molecule has 3 heteroatoms. The molecule has 0 aliphatic carbocycles. The van der Waals surface area contributed by atoms with Crippen molar-refractivity contribution in [2.45, 2.75) is 19.6 Å². The molecule has 0 bridgehead atoms. The molecular formula is C10H14N2Si. The quantitative estimate of drug-likeness (QED) is 0.632. The second kappa shape index (κ2) is 2.70. The zero-order valence-corrected chi connectivity index (χ0v) is 9.28. The van der Waals surface area contributed by atoms with Crippen LogP contribution in [0.5, 0.6) is 0 Å². The molecule has 2 nitrogen and oxygen atoms in total. The normalized spacial score (nSPS) is 12.2. The van der Waals surface area contributed by atoms with Crippen LogP contribution in [0.3, 0.4) is 0 Å². The highest BCUT2D eigenvalue weighted by Gasteiger charge is 2.17. The highest BCUT2D eigenvalue weighted by atomic mass is 28.3. The molecular weight excluding hydrogens is 176 g/mol. The maximum Gasteiger partial charge on any atom is 0.176 e. The highest BCUT2D eigenvalue weighted by Crippen LogP contribution is 2.14. The molecule has 1 heterocycles. The van der Waals surface area contributed by atoms with E-state index in [1.807, 2.05) is 6.07 Å². The van der Waals surface area contributed by atoms with Gasteiger partial charge in [-0.3, -0.25) is 0 Å². The van der Waals surface area contributed by atoms with Gasteiger partial charge in [0.1, 0.15) is 0 Å². The maximum atomic E-state index is 4.56. The minimum atomic E-state index is -1.31. The lowest BCUT2D eigenvalue weighted by atomic mass is 10.3. The lowest BCUT2D eigenvalue weighted by Crippen LogP contribution is -2.32. The van der Waals surface area contributed by atoms with Crippen molar-refractivity contribution in [3.63, 3.8) is 0 Å². The van der Waals surface area contributed by atoms with E-state index in [4.69, 9.17) is 0 Å². The van der Waals surface area contributed by atoms with Crippen molar-refractivity contribution in [3.8, 4) is 0 Å². The number of hydrogen-bond acceptors (Lipinski definition) is 1. The second-order valence-corrected chi connectivity index (χ2v) is 9.10. The predicted molar refractivity (Wildman–Crippen MR) is 58.5 cm³/mol. The van der Waals surface area contributed by atoms with Crippen molar-refractivity contribution < 1.29 is 0 Å². The zero-order valence-electron chi connectivity index (χ0n) is 8.28. The van der Waals surface area contributed by atoms with Gasteiger partial charge in [0.15, 0.2) is 8.24 Å². The summed E-state index contributed by atoms with van der Waals surface area (Å²) in [4.78, 5) is 0. The zero-order chi connectivity index (χ0) is 9.47. The van der Waals surface area contributed by atoms with Crippen molar-refractivity contribution in [2.75, 3.05) is 0 Å². The Morgan fingerprint density at radius 3 is 2.46 bits per heavy atom. The molecule has 0 unspecified atom stereocenters. The third-order valence-electron chi connectivity index (χ3n) is 2.10. The molecule has 68 valence electrons. The summed E-state index contributed by atoms with van der Waals surface area (Å²) >= 11 is 0. The molecule has 0 fully saturated rings. The van der Waals surface area contributed by atoms with Crippen LogP contribution in [0.25, 0.3) is 10.9 Å². The Kier molecular flexibility index (Phi) is 1.77. The number of aromatic nitrogens is 2. The Morgan fingerprint density at radius 2 is 1.85 bits per heavy atom. The fraction of sp³-hybridized carbons (Fsp3) is 0.300. The first-order valence-electron chi connectivity index (χ1n) is 4.52. The van der Waals surface area contributed by atoms with E-state index in [0.29, 0.717) is 0 Å². The topological polar surface area (TPSA) is 17.8 Å². The fourth-order valence-electron chi connectivity index (χ4n) is 1.31. The monoisotopic (exact) mass is 190 g/mol. The third kappa shape index (κ3) is 1.51. The Hall–Kier alpha value is -1.09. The van der Waals surface area contributed by atoms with Gasteiger partial charge in [-0.15, -0.1) is 0 Å². The summed E-state index contributed by atoms with van der Waals surface area (Å²) in [5.74, 6) is 0. The van der Waals surface area contributed by atoms with Gasteiger partial charge < -0.3 is 4.35 Å². The Morgan fingerprint density at radius 1 is 1.15 bits per heavy atom. The number of nitrogens with zero attached hydrogens (tertiary/aromatic N) is 2. The molecule has 0 N–H and O–H groups in total. The van der Waals surface area contributed by atoms with Gasteiger partial charge in [0.2, 0.25) is 0 Å². The SMILES string of the molecule is C[Si](C)(C)n1cc2ccccc2n1. The van der Waals surface area contributed by atoms with Crippen LogP contribution in [0, 0.1) is 0 Å². The van der Waals surface area contributed by atoms with Gasteiger partial charge in [-0.2, -0.15) is 5.10 Å². The molecule has 0 atom stereocenters. The van der Waals surface area contributed by atoms with E-state index in [9.17, 15) is 0 Å². The first-order valence-corrected chi connectivity index (χ1v) is 7.97. The molecule has 0 saturated carbocycles. The summed E-state index contributed by atoms with van der Waals surface area (Å²) in [5.41, 5.74) is 1.10. The number of benzene rings is 1. The Labute approximate surface area is 79.3 Å². The minimum Gasteiger partial charge on any atom is -0.301 e. The lowest BCUT2D eigenvalue weighted by molar-refractivity contribution is 0.952. The van der Waals surface area contributed by atoms with E-state index >= 15 is 0 Å². The Bertz CT molecular complexity index is 393. The van der Waals surface area contributed by atoms with Crippen LogP contribution >= 0.6 is 0 Å². The van der Waals surface area contributed by atoms with Gasteiger partial charge in [-0.05, 0) is 25.7 Å². The summed E-state index contributed by atoms with van der Waals surface area (Å²) in [6.45, 7) is 6.87. The van der Waals surface area contributed by atoms with Gasteiger partial charge in [0.05, 0.1) is 5.52 Å². The average Bonchev–Trinajstić information content (AvgIpc) is 2.45. The van der Waals surface area contributed by atoms with Gasteiger partial charge in [0, 0.05) is 11.6 Å². The lowest BCUT2D eigenvalue weighted by Gasteiger charge is -2.15. The molecule has 1 aromatic heterocycles. The summed E-state index contributed by atoms with van der Waals surface area (Å²) < 4.78 is 2.15. The van der Waals surface area contributed by atoms with Crippen LogP contribution in [-0.2, 0) is 0 Å². The summed E-state index contributed by atoms with van der Waals surface area (Å²) in [5, 5.41) is 5.80. The minimum absolute atomic E-state index is 1.10. The third-order valence-corrected chi connectivity index (χ3v) is 3.70. The first-order chi connectivity index (χ1) is 6.07. The smallest absolute Gasteiger partial charge is 0.176 e. The van der Waals surface area contributed by atoms with Gasteiger partial charge in [0.25, 0.3) is 0 Å². The van der Waals surface area contributed by atoms with Gasteiger partial charge >= 0.3 is 0 Å². The number of fused-ring (bicyclic) bond motifs is 1. The van der Waals surface area contributed by atoms with E-state index in [0.717, 1.165) is 5.52 Å². The average molecular weight is 190 g/mol. The molecule has 2 aromatic rings. The summed E-state index contributed by atoms with van der Waals surface area (Å²) in [6.07, 6.45) is 2.15. The van der Waals surface area contributed by atoms with E-state index in [1.165, 1.54) is 5.39 Å². The molecule has 0 radical (unpaired) electrons. The largest absolute Gasteiger partial charge is 0.301 e. The second-order valence-electron chi connectivity index (χ2n) is 4.30. The van der Waals surface area contributed by atoms with Crippen molar-refractivity contribution in [2.24, 2.45) is 0 Å². The van der Waals surface area contributed by atoms with E-state index in [2.05, 4.69) is 53.5 Å². The molecule has 13 heavy (non-hydrogen) atoms. The molecule has 2 rings (SSSR count). The van der Waals surface area contributed by atoms with Crippen LogP contribution in [-0.4, -0.2) is 17.7 Å². The number of rotatable bonds is 1. The molecule has 0 aliphatic rings. The first kappa shape index (κ1) is 8.50. The number of hydrogen-bond donors (Lipinski definition) is 0. The van der Waals surface area contributed by atoms with Crippen molar-refractivity contribution in [1.82, 2.24) is 9.45 Å². The Balaban J connectivity index is 2.63. The van der Waals surface area contributed by atoms with Crippen LogP contribution in [0.1, 0.15) is 0 Å². The molecule has 0 saturated heterocycles. The molecule has 0 amide bonds. The molecule has 1 aromatic carbocycles. The fourth-order valence-corrected chi connectivity index (χ4v) is 2.24.